The number of carbonyl (C=O) groups is 3. The molecule has 0 heterocycles. The van der Waals surface area contributed by atoms with E-state index in [0.29, 0.717) is 12.8 Å². The van der Waals surface area contributed by atoms with Crippen LogP contribution in [0.3, 0.4) is 0 Å². The summed E-state index contributed by atoms with van der Waals surface area (Å²) in [7, 11) is 0. The van der Waals surface area contributed by atoms with Crippen molar-refractivity contribution in [2.24, 2.45) is 0 Å². The van der Waals surface area contributed by atoms with Gasteiger partial charge in [0.25, 0.3) is 0 Å². The van der Waals surface area contributed by atoms with E-state index in [0.717, 1.165) is 109 Å². The van der Waals surface area contributed by atoms with Crippen LogP contribution in [-0.2, 0) is 28.6 Å². The summed E-state index contributed by atoms with van der Waals surface area (Å²) < 4.78 is 16.7. The lowest BCUT2D eigenvalue weighted by Gasteiger charge is -2.18. The first kappa shape index (κ1) is 66.3. The van der Waals surface area contributed by atoms with Gasteiger partial charge < -0.3 is 14.2 Å². The second-order valence-electron chi connectivity index (χ2n) is 18.1. The second-order valence-corrected chi connectivity index (χ2v) is 18.1. The maximum absolute atomic E-state index is 12.9. The number of unbranched alkanes of at least 4 members (excludes halogenated alkanes) is 14. The fourth-order valence-corrected chi connectivity index (χ4v) is 7.07. The highest BCUT2D eigenvalue weighted by Crippen LogP contribution is 2.12. The molecule has 6 nitrogen and oxygen atoms in total. The Morgan fingerprint density at radius 3 is 0.972 bits per heavy atom. The highest BCUT2D eigenvalue weighted by molar-refractivity contribution is 5.71. The van der Waals surface area contributed by atoms with Crippen molar-refractivity contribution in [1.82, 2.24) is 0 Å². The molecular weight excluding hydrogens is 877 g/mol. The lowest BCUT2D eigenvalue weighted by Crippen LogP contribution is -2.30. The van der Waals surface area contributed by atoms with Gasteiger partial charge in [-0.1, -0.05) is 218 Å². The monoisotopic (exact) mass is 979 g/mol. The van der Waals surface area contributed by atoms with Gasteiger partial charge in [0, 0.05) is 19.3 Å². The van der Waals surface area contributed by atoms with Crippen LogP contribution in [0.2, 0.25) is 0 Å². The van der Waals surface area contributed by atoms with Crippen molar-refractivity contribution in [3.05, 3.63) is 146 Å². The van der Waals surface area contributed by atoms with Gasteiger partial charge >= 0.3 is 17.9 Å². The summed E-state index contributed by atoms with van der Waals surface area (Å²) in [6.07, 6.45) is 82.7. The summed E-state index contributed by atoms with van der Waals surface area (Å²) in [6, 6.07) is 0. The molecule has 6 heteroatoms. The molecule has 0 amide bonds. The molecule has 398 valence electrons. The number of hydrogen-bond donors (Lipinski definition) is 0. The lowest BCUT2D eigenvalue weighted by molar-refractivity contribution is -0.166. The van der Waals surface area contributed by atoms with E-state index in [1.54, 1.807) is 0 Å². The predicted molar refractivity (Wildman–Crippen MR) is 306 cm³/mol. The zero-order valence-corrected chi connectivity index (χ0v) is 45.4. The van der Waals surface area contributed by atoms with E-state index in [2.05, 4.69) is 154 Å². The molecular formula is C65H102O6. The smallest absolute Gasteiger partial charge is 0.306 e. The Hall–Kier alpha value is -4.71. The van der Waals surface area contributed by atoms with Crippen LogP contribution < -0.4 is 0 Å². The fourth-order valence-electron chi connectivity index (χ4n) is 7.07. The molecule has 0 unspecified atom stereocenters. The molecule has 0 rings (SSSR count). The molecule has 0 aromatic heterocycles. The summed E-state index contributed by atoms with van der Waals surface area (Å²) in [4.78, 5) is 38.1. The van der Waals surface area contributed by atoms with E-state index in [9.17, 15) is 14.4 Å². The van der Waals surface area contributed by atoms with Gasteiger partial charge in [0.15, 0.2) is 6.10 Å². The number of carbonyl (C=O) groups excluding carboxylic acids is 3. The van der Waals surface area contributed by atoms with Crippen LogP contribution >= 0.6 is 0 Å². The van der Waals surface area contributed by atoms with E-state index >= 15 is 0 Å². The minimum Gasteiger partial charge on any atom is -0.462 e. The van der Waals surface area contributed by atoms with Gasteiger partial charge in [-0.25, -0.2) is 0 Å². The van der Waals surface area contributed by atoms with Crippen molar-refractivity contribution in [2.45, 2.75) is 232 Å². The first-order valence-electron chi connectivity index (χ1n) is 28.3. The number of esters is 3. The number of allylic oxidation sites excluding steroid dienone is 24. The minimum absolute atomic E-state index is 0.132. The van der Waals surface area contributed by atoms with Gasteiger partial charge in [0.05, 0.1) is 0 Å². The molecule has 1 atom stereocenters. The van der Waals surface area contributed by atoms with Gasteiger partial charge in [-0.05, 0) is 135 Å². The molecule has 0 saturated carbocycles. The molecule has 0 aliphatic carbocycles. The summed E-state index contributed by atoms with van der Waals surface area (Å²) in [6.45, 7) is 6.34. The summed E-state index contributed by atoms with van der Waals surface area (Å²) in [5, 5.41) is 0. The van der Waals surface area contributed by atoms with Gasteiger partial charge in [-0.15, -0.1) is 0 Å². The molecule has 0 aromatic carbocycles. The molecule has 0 aliphatic rings. The second kappa shape index (κ2) is 57.9. The van der Waals surface area contributed by atoms with Crippen LogP contribution in [0.1, 0.15) is 226 Å². The summed E-state index contributed by atoms with van der Waals surface area (Å²) in [5.74, 6) is -1.07. The molecule has 71 heavy (non-hydrogen) atoms. The Kier molecular flexibility index (Phi) is 54.0. The normalized spacial score (nSPS) is 13.2. The Morgan fingerprint density at radius 1 is 0.296 bits per heavy atom. The molecule has 0 fully saturated rings. The van der Waals surface area contributed by atoms with Crippen LogP contribution in [0.25, 0.3) is 0 Å². The average Bonchev–Trinajstić information content (AvgIpc) is 3.37. The first-order valence-corrected chi connectivity index (χ1v) is 28.3. The Labute approximate surface area is 436 Å². The van der Waals surface area contributed by atoms with E-state index in [4.69, 9.17) is 14.2 Å². The third kappa shape index (κ3) is 56.1. The number of ether oxygens (including phenoxy) is 3. The quantitative estimate of drug-likeness (QED) is 0.0262. The van der Waals surface area contributed by atoms with E-state index in [1.165, 1.54) is 64.2 Å². The van der Waals surface area contributed by atoms with Crippen molar-refractivity contribution in [3.8, 4) is 0 Å². The Balaban J connectivity index is 4.61. The van der Waals surface area contributed by atoms with Crippen molar-refractivity contribution < 1.29 is 28.6 Å². The Morgan fingerprint density at radius 2 is 0.577 bits per heavy atom. The Bertz CT molecular complexity index is 1590. The van der Waals surface area contributed by atoms with Gasteiger partial charge in [-0.2, -0.15) is 0 Å². The molecule has 0 aromatic rings. The number of hydrogen-bond acceptors (Lipinski definition) is 6. The van der Waals surface area contributed by atoms with Crippen molar-refractivity contribution >= 4 is 17.9 Å². The molecule has 0 spiro atoms. The van der Waals surface area contributed by atoms with Crippen LogP contribution in [0.5, 0.6) is 0 Å². The van der Waals surface area contributed by atoms with Crippen LogP contribution in [-0.4, -0.2) is 37.2 Å². The van der Waals surface area contributed by atoms with Crippen LogP contribution in [0.15, 0.2) is 146 Å². The number of rotatable bonds is 49. The maximum Gasteiger partial charge on any atom is 0.306 e. The molecule has 0 saturated heterocycles. The first-order chi connectivity index (χ1) is 35.0. The zero-order chi connectivity index (χ0) is 51.4. The van der Waals surface area contributed by atoms with Crippen molar-refractivity contribution in [3.63, 3.8) is 0 Å². The SMILES string of the molecule is CC/C=C\C/C=C\C/C=C\C/C=C\C/C=C\C/C=C\CCC(=O)OC[C@@H](COC(=O)CCCC/C=C\C/C=C\C/C=C\CCCCC)OC(=O)CCCCCCCC/C=C\C/C=C\C/C=C\CCCCC. The topological polar surface area (TPSA) is 78.9 Å². The van der Waals surface area contributed by atoms with Crippen LogP contribution in [0.4, 0.5) is 0 Å². The van der Waals surface area contributed by atoms with Crippen molar-refractivity contribution in [1.29, 1.82) is 0 Å². The van der Waals surface area contributed by atoms with E-state index < -0.39 is 6.10 Å². The minimum atomic E-state index is -0.838. The third-order valence-electron chi connectivity index (χ3n) is 11.3. The highest BCUT2D eigenvalue weighted by atomic mass is 16.6. The zero-order valence-electron chi connectivity index (χ0n) is 45.4. The van der Waals surface area contributed by atoms with Crippen molar-refractivity contribution in [2.75, 3.05) is 13.2 Å². The average molecular weight is 980 g/mol. The van der Waals surface area contributed by atoms with Crippen LogP contribution in [0, 0.1) is 0 Å². The van der Waals surface area contributed by atoms with E-state index in [1.807, 2.05) is 12.2 Å². The maximum atomic E-state index is 12.9. The molecule has 0 N–H and O–H groups in total. The van der Waals surface area contributed by atoms with Gasteiger partial charge in [-0.3, -0.25) is 14.4 Å². The molecule has 0 radical (unpaired) electrons. The summed E-state index contributed by atoms with van der Waals surface area (Å²) >= 11 is 0. The standard InChI is InChI=1S/C65H102O6/c1-4-7-10-13-16-19-22-25-28-30-32-34-37-40-43-46-49-52-55-58-64(67)70-61-62(60-69-63(66)57-54-51-48-45-42-39-36-27-24-21-18-15-12-9-6-3)71-65(68)59-56-53-50-47-44-41-38-35-33-31-29-26-23-20-17-14-11-8-5-2/h7,10,16-21,25-29,32-36,40,42-43,45,49,52,62H,4-6,8-9,11-15,22-24,30-31,37-39,41,44,46-48,50-51,53-61H2,1-3H3/b10-7-,19-16-,20-17-,21-18-,28-25-,29-26-,34-32-,35-33-,36-27-,43-40-,45-42-,52-49-/t62-/m1/s1. The molecule has 0 bridgehead atoms. The largest absolute Gasteiger partial charge is 0.462 e. The summed E-state index contributed by atoms with van der Waals surface area (Å²) in [5.41, 5.74) is 0. The lowest BCUT2D eigenvalue weighted by atomic mass is 10.1. The predicted octanol–water partition coefficient (Wildman–Crippen LogP) is 19.2. The highest BCUT2D eigenvalue weighted by Gasteiger charge is 2.19. The molecule has 0 aliphatic heterocycles. The van der Waals surface area contributed by atoms with Gasteiger partial charge in [0.1, 0.15) is 13.2 Å². The third-order valence-corrected chi connectivity index (χ3v) is 11.3. The van der Waals surface area contributed by atoms with Gasteiger partial charge in [0.2, 0.25) is 0 Å². The fraction of sp³-hybridized carbons (Fsp3) is 0.585. The van der Waals surface area contributed by atoms with E-state index in [-0.39, 0.29) is 50.4 Å².